The van der Waals surface area contributed by atoms with Crippen molar-refractivity contribution in [3.05, 3.63) is 70.5 Å². The molecule has 0 spiro atoms. The first-order valence-electron chi connectivity index (χ1n) is 10.6. The molecule has 6 heteroatoms. The second kappa shape index (κ2) is 9.67. The Morgan fingerprint density at radius 1 is 0.968 bits per heavy atom. The fourth-order valence-corrected chi connectivity index (χ4v) is 4.27. The fraction of sp³-hybridized carbons (Fsp3) is 0.360. The Hall–Kier alpha value is -2.63. The van der Waals surface area contributed by atoms with Crippen LogP contribution in [0.5, 0.6) is 17.2 Å². The molecule has 1 aromatic heterocycles. The predicted molar refractivity (Wildman–Crippen MR) is 127 cm³/mol. The quantitative estimate of drug-likeness (QED) is 0.546. The summed E-state index contributed by atoms with van der Waals surface area (Å²) >= 11 is 0. The molecular weight excluding hydrogens is 412 g/mol. The van der Waals surface area contributed by atoms with Gasteiger partial charge in [0.1, 0.15) is 5.75 Å². The highest BCUT2D eigenvalue weighted by Gasteiger charge is 2.26. The number of ether oxygens (including phenoxy) is 3. The molecule has 1 N–H and O–H groups in total. The molecule has 0 radical (unpaired) electrons. The van der Waals surface area contributed by atoms with Crippen LogP contribution in [0.4, 0.5) is 0 Å². The Bertz CT molecular complexity index is 1060. The molecule has 0 fully saturated rings. The van der Waals surface area contributed by atoms with Gasteiger partial charge in [-0.05, 0) is 74.2 Å². The van der Waals surface area contributed by atoms with Crippen molar-refractivity contribution in [1.29, 1.82) is 0 Å². The maximum Gasteiger partial charge on any atom is 0.163 e. The number of nitrogens with one attached hydrogen (secondary N) is 1. The number of hydrogen-bond donors (Lipinski definition) is 1. The molecule has 1 aliphatic heterocycles. The zero-order valence-corrected chi connectivity index (χ0v) is 19.6. The summed E-state index contributed by atoms with van der Waals surface area (Å²) < 4.78 is 19.5. The third-order valence-corrected chi connectivity index (χ3v) is 5.67. The van der Waals surface area contributed by atoms with Gasteiger partial charge in [0.2, 0.25) is 0 Å². The van der Waals surface area contributed by atoms with E-state index >= 15 is 0 Å². The zero-order valence-electron chi connectivity index (χ0n) is 18.8. The minimum atomic E-state index is 0. The maximum atomic E-state index is 5.89. The summed E-state index contributed by atoms with van der Waals surface area (Å²) in [6, 6.07) is 12.9. The van der Waals surface area contributed by atoms with Crippen LogP contribution in [0.3, 0.4) is 0 Å². The molecule has 31 heavy (non-hydrogen) atoms. The standard InChI is InChI=1S/C25H30N2O3.ClH/c1-6-29-23-13-18-15-26-25(19-11-17(4)22(28-5)12-16(19)3)20-9-8-10-27(20)21(18)14-24(23)30-7-2;/h8-14,25-26H,6-7,15H2,1-5H3;1H. The van der Waals surface area contributed by atoms with Gasteiger partial charge in [-0.1, -0.05) is 6.07 Å². The van der Waals surface area contributed by atoms with E-state index in [1.54, 1.807) is 7.11 Å². The number of hydrogen-bond acceptors (Lipinski definition) is 4. The summed E-state index contributed by atoms with van der Waals surface area (Å²) in [6.07, 6.45) is 2.12. The number of aryl methyl sites for hydroxylation is 2. The van der Waals surface area contributed by atoms with Gasteiger partial charge in [-0.25, -0.2) is 0 Å². The van der Waals surface area contributed by atoms with Crippen LogP contribution in [-0.4, -0.2) is 24.9 Å². The largest absolute Gasteiger partial charge is 0.496 e. The molecule has 4 rings (SSSR count). The molecule has 1 unspecified atom stereocenters. The van der Waals surface area contributed by atoms with E-state index in [2.05, 4.69) is 66.3 Å². The minimum absolute atomic E-state index is 0. The predicted octanol–water partition coefficient (Wildman–Crippen LogP) is 5.51. The van der Waals surface area contributed by atoms with Gasteiger partial charge in [-0.15, -0.1) is 12.4 Å². The topological polar surface area (TPSA) is 44.7 Å². The molecule has 3 aromatic rings. The van der Waals surface area contributed by atoms with Crippen LogP contribution >= 0.6 is 12.4 Å². The van der Waals surface area contributed by atoms with Gasteiger partial charge in [0.15, 0.2) is 11.5 Å². The van der Waals surface area contributed by atoms with Crippen molar-refractivity contribution in [2.45, 2.75) is 40.3 Å². The van der Waals surface area contributed by atoms with E-state index in [1.165, 1.54) is 22.4 Å². The highest BCUT2D eigenvalue weighted by molar-refractivity contribution is 5.85. The van der Waals surface area contributed by atoms with Crippen molar-refractivity contribution >= 4 is 12.4 Å². The maximum absolute atomic E-state index is 5.89. The second-order valence-electron chi connectivity index (χ2n) is 7.59. The number of benzene rings is 2. The van der Waals surface area contributed by atoms with Crippen molar-refractivity contribution in [3.8, 4) is 22.9 Å². The third-order valence-electron chi connectivity index (χ3n) is 5.67. The molecule has 0 saturated carbocycles. The molecule has 0 saturated heterocycles. The number of fused-ring (bicyclic) bond motifs is 3. The summed E-state index contributed by atoms with van der Waals surface area (Å²) in [5.74, 6) is 2.50. The number of halogens is 1. The Morgan fingerprint density at radius 3 is 2.35 bits per heavy atom. The Kier molecular flexibility index (Phi) is 7.19. The lowest BCUT2D eigenvalue weighted by Crippen LogP contribution is -2.22. The average Bonchev–Trinajstić information content (AvgIpc) is 3.16. The second-order valence-corrected chi connectivity index (χ2v) is 7.59. The van der Waals surface area contributed by atoms with E-state index < -0.39 is 0 Å². The van der Waals surface area contributed by atoms with Gasteiger partial charge < -0.3 is 24.1 Å². The van der Waals surface area contributed by atoms with Crippen molar-refractivity contribution in [3.63, 3.8) is 0 Å². The van der Waals surface area contributed by atoms with Crippen molar-refractivity contribution < 1.29 is 14.2 Å². The van der Waals surface area contributed by atoms with Gasteiger partial charge in [0.25, 0.3) is 0 Å². The molecule has 0 aliphatic carbocycles. The molecule has 1 aliphatic rings. The number of aromatic nitrogens is 1. The van der Waals surface area contributed by atoms with E-state index in [0.717, 1.165) is 35.0 Å². The highest BCUT2D eigenvalue weighted by Crippen LogP contribution is 2.38. The van der Waals surface area contributed by atoms with E-state index in [0.29, 0.717) is 13.2 Å². The minimum Gasteiger partial charge on any atom is -0.496 e. The van der Waals surface area contributed by atoms with E-state index in [-0.39, 0.29) is 18.4 Å². The van der Waals surface area contributed by atoms with Crippen molar-refractivity contribution in [2.24, 2.45) is 0 Å². The number of nitrogens with zero attached hydrogens (tertiary/aromatic N) is 1. The van der Waals surface area contributed by atoms with Crippen LogP contribution in [0.2, 0.25) is 0 Å². The average molecular weight is 443 g/mol. The lowest BCUT2D eigenvalue weighted by atomic mass is 9.96. The van der Waals surface area contributed by atoms with Gasteiger partial charge in [-0.2, -0.15) is 0 Å². The summed E-state index contributed by atoms with van der Waals surface area (Å²) in [7, 11) is 1.72. The molecule has 2 heterocycles. The normalized spacial score (nSPS) is 14.7. The monoisotopic (exact) mass is 442 g/mol. The Morgan fingerprint density at radius 2 is 1.68 bits per heavy atom. The molecule has 0 bridgehead atoms. The highest BCUT2D eigenvalue weighted by atomic mass is 35.5. The van der Waals surface area contributed by atoms with Crippen LogP contribution in [0.15, 0.2) is 42.6 Å². The van der Waals surface area contributed by atoms with E-state index in [9.17, 15) is 0 Å². The third kappa shape index (κ3) is 4.25. The molecule has 166 valence electrons. The molecule has 2 aromatic carbocycles. The molecular formula is C25H31ClN2O3. The summed E-state index contributed by atoms with van der Waals surface area (Å²) in [5, 5.41) is 3.76. The molecule has 5 nitrogen and oxygen atoms in total. The lowest BCUT2D eigenvalue weighted by molar-refractivity contribution is 0.287. The fourth-order valence-electron chi connectivity index (χ4n) is 4.27. The smallest absolute Gasteiger partial charge is 0.163 e. The van der Waals surface area contributed by atoms with Gasteiger partial charge in [-0.3, -0.25) is 0 Å². The van der Waals surface area contributed by atoms with Crippen LogP contribution in [-0.2, 0) is 6.54 Å². The van der Waals surface area contributed by atoms with Crippen LogP contribution < -0.4 is 19.5 Å². The van der Waals surface area contributed by atoms with Crippen molar-refractivity contribution in [1.82, 2.24) is 9.88 Å². The van der Waals surface area contributed by atoms with Gasteiger partial charge in [0, 0.05) is 24.5 Å². The first-order valence-corrected chi connectivity index (χ1v) is 10.6. The Labute approximate surface area is 190 Å². The van der Waals surface area contributed by atoms with Crippen LogP contribution in [0, 0.1) is 13.8 Å². The summed E-state index contributed by atoms with van der Waals surface area (Å²) in [5.41, 5.74) is 7.12. The number of methoxy groups -OCH3 is 1. The Balaban J connectivity index is 0.00000272. The molecule has 1 atom stereocenters. The van der Waals surface area contributed by atoms with Crippen LogP contribution in [0.25, 0.3) is 5.69 Å². The van der Waals surface area contributed by atoms with E-state index in [4.69, 9.17) is 14.2 Å². The van der Waals surface area contributed by atoms with Crippen LogP contribution in [0.1, 0.15) is 47.8 Å². The number of rotatable bonds is 6. The summed E-state index contributed by atoms with van der Waals surface area (Å²) in [6.45, 7) is 10.2. The van der Waals surface area contributed by atoms with Crippen molar-refractivity contribution in [2.75, 3.05) is 20.3 Å². The summed E-state index contributed by atoms with van der Waals surface area (Å²) in [4.78, 5) is 0. The van der Waals surface area contributed by atoms with Gasteiger partial charge in [0.05, 0.1) is 32.1 Å². The first-order chi connectivity index (χ1) is 14.6. The van der Waals surface area contributed by atoms with Gasteiger partial charge >= 0.3 is 0 Å². The molecule has 0 amide bonds. The first kappa shape index (κ1) is 23.0. The van der Waals surface area contributed by atoms with E-state index in [1.807, 2.05) is 13.8 Å². The lowest BCUT2D eigenvalue weighted by Gasteiger charge is -2.21. The zero-order chi connectivity index (χ0) is 21.3. The SMILES string of the molecule is CCOc1cc2c(cc1OCC)-n1cccc1C(c1cc(C)c(OC)cc1C)NC2.Cl.